The number of hydrogen-bond donors (Lipinski definition) is 1. The van der Waals surface area contributed by atoms with Crippen molar-refractivity contribution >= 4 is 21.7 Å². The average molecular weight is 298 g/mol. The molecule has 1 aromatic carbocycles. The van der Waals surface area contributed by atoms with Crippen molar-refractivity contribution in [3.8, 4) is 5.75 Å². The number of hydrogen-bond acceptors (Lipinski definition) is 3. The van der Waals surface area contributed by atoms with Gasteiger partial charge < -0.3 is 10.1 Å². The van der Waals surface area contributed by atoms with Crippen LogP contribution in [0.1, 0.15) is 29.6 Å². The molecule has 3 nitrogen and oxygen atoms in total. The molecule has 0 aromatic heterocycles. The predicted molar refractivity (Wildman–Crippen MR) is 70.7 cm³/mol. The van der Waals surface area contributed by atoms with E-state index in [-0.39, 0.29) is 11.8 Å². The molecule has 1 aromatic rings. The average Bonchev–Trinajstić information content (AvgIpc) is 2.39. The number of Topliss-reactive ketones (excluding diaryl/α,β-unsaturated/α-hetero) is 1. The Morgan fingerprint density at radius 3 is 2.88 bits per heavy atom. The van der Waals surface area contributed by atoms with Gasteiger partial charge in [-0.1, -0.05) is 6.42 Å². The van der Waals surface area contributed by atoms with Gasteiger partial charge in [0.15, 0.2) is 5.78 Å². The van der Waals surface area contributed by atoms with Crippen LogP contribution in [-0.4, -0.2) is 25.5 Å². The number of ketones is 1. The van der Waals surface area contributed by atoms with Crippen molar-refractivity contribution in [2.45, 2.75) is 25.3 Å². The van der Waals surface area contributed by atoms with Crippen molar-refractivity contribution in [2.75, 3.05) is 13.7 Å². The van der Waals surface area contributed by atoms with Crippen LogP contribution in [-0.2, 0) is 0 Å². The molecule has 1 saturated heterocycles. The molecule has 1 aliphatic heterocycles. The van der Waals surface area contributed by atoms with E-state index in [0.717, 1.165) is 41.6 Å². The van der Waals surface area contributed by atoms with E-state index in [4.69, 9.17) is 4.74 Å². The van der Waals surface area contributed by atoms with Crippen molar-refractivity contribution in [3.05, 3.63) is 28.2 Å². The van der Waals surface area contributed by atoms with E-state index < -0.39 is 0 Å². The second-order valence-electron chi connectivity index (χ2n) is 4.22. The molecule has 1 fully saturated rings. The Balaban J connectivity index is 2.16. The number of halogens is 1. The number of ether oxygens (including phenoxy) is 1. The largest absolute Gasteiger partial charge is 0.496 e. The number of methoxy groups -OCH3 is 1. The molecule has 2 rings (SSSR count). The zero-order valence-corrected chi connectivity index (χ0v) is 11.4. The molecule has 1 atom stereocenters. The fourth-order valence-electron chi connectivity index (χ4n) is 2.10. The fourth-order valence-corrected chi connectivity index (χ4v) is 2.64. The quantitative estimate of drug-likeness (QED) is 0.872. The summed E-state index contributed by atoms with van der Waals surface area (Å²) < 4.78 is 5.97. The smallest absolute Gasteiger partial charge is 0.179 e. The number of carbonyl (C=O) groups excluding carboxylic acids is 1. The minimum atomic E-state index is -0.0240. The molecule has 0 amide bonds. The number of piperidine rings is 1. The molecular formula is C13H16BrNO2. The first kappa shape index (κ1) is 12.6. The number of nitrogens with one attached hydrogen (secondary N) is 1. The summed E-state index contributed by atoms with van der Waals surface area (Å²) in [6.07, 6.45) is 3.22. The lowest BCUT2D eigenvalue weighted by atomic mass is 9.96. The number of carbonyl (C=O) groups is 1. The minimum absolute atomic E-state index is 0.0240. The van der Waals surface area contributed by atoms with Crippen LogP contribution in [0.2, 0.25) is 0 Å². The summed E-state index contributed by atoms with van der Waals surface area (Å²) in [6.45, 7) is 0.938. The van der Waals surface area contributed by atoms with Gasteiger partial charge in [0.1, 0.15) is 5.75 Å². The highest BCUT2D eigenvalue weighted by atomic mass is 79.9. The van der Waals surface area contributed by atoms with Crippen LogP contribution in [0.25, 0.3) is 0 Å². The van der Waals surface area contributed by atoms with Gasteiger partial charge in [0.05, 0.1) is 17.6 Å². The van der Waals surface area contributed by atoms with E-state index in [1.54, 1.807) is 7.11 Å². The summed E-state index contributed by atoms with van der Waals surface area (Å²) in [4.78, 5) is 12.2. The van der Waals surface area contributed by atoms with Crippen LogP contribution in [0.15, 0.2) is 22.7 Å². The predicted octanol–water partition coefficient (Wildman–Crippen LogP) is 2.78. The summed E-state index contributed by atoms with van der Waals surface area (Å²) in [5.74, 6) is 0.922. The Morgan fingerprint density at radius 2 is 2.29 bits per heavy atom. The third kappa shape index (κ3) is 2.87. The maximum Gasteiger partial charge on any atom is 0.179 e. The first-order valence-corrected chi connectivity index (χ1v) is 6.63. The van der Waals surface area contributed by atoms with Crippen molar-refractivity contribution in [1.82, 2.24) is 5.32 Å². The van der Waals surface area contributed by atoms with Crippen LogP contribution in [0, 0.1) is 0 Å². The van der Waals surface area contributed by atoms with Crippen LogP contribution >= 0.6 is 15.9 Å². The van der Waals surface area contributed by atoms with Crippen molar-refractivity contribution in [3.63, 3.8) is 0 Å². The molecule has 1 unspecified atom stereocenters. The standard InChI is InChI=1S/C13H16BrNO2/c1-17-12-6-5-9(8-10(12)14)13(16)11-4-2-3-7-15-11/h5-6,8,11,15H,2-4,7H2,1H3. The zero-order chi connectivity index (χ0) is 12.3. The third-order valence-electron chi connectivity index (χ3n) is 3.06. The Kier molecular flexibility index (Phi) is 4.18. The van der Waals surface area contributed by atoms with Crippen LogP contribution < -0.4 is 10.1 Å². The van der Waals surface area contributed by atoms with Crippen LogP contribution in [0.3, 0.4) is 0 Å². The highest BCUT2D eigenvalue weighted by Crippen LogP contribution is 2.26. The molecule has 0 saturated carbocycles. The lowest BCUT2D eigenvalue weighted by Gasteiger charge is -2.22. The SMILES string of the molecule is COc1ccc(C(=O)C2CCCCN2)cc1Br. The molecule has 0 radical (unpaired) electrons. The summed E-state index contributed by atoms with van der Waals surface area (Å²) >= 11 is 3.40. The van der Waals surface area contributed by atoms with E-state index in [1.807, 2.05) is 18.2 Å². The summed E-state index contributed by atoms with van der Waals surface area (Å²) in [7, 11) is 1.62. The molecule has 4 heteroatoms. The second-order valence-corrected chi connectivity index (χ2v) is 5.07. The molecule has 0 aliphatic carbocycles. The molecule has 1 N–H and O–H groups in total. The second kappa shape index (κ2) is 5.65. The highest BCUT2D eigenvalue weighted by Gasteiger charge is 2.22. The van der Waals surface area contributed by atoms with E-state index >= 15 is 0 Å². The third-order valence-corrected chi connectivity index (χ3v) is 3.68. The maximum absolute atomic E-state index is 12.2. The van der Waals surface area contributed by atoms with E-state index in [9.17, 15) is 4.79 Å². The van der Waals surface area contributed by atoms with Gasteiger partial charge in [0, 0.05) is 5.56 Å². The first-order chi connectivity index (χ1) is 8.22. The first-order valence-electron chi connectivity index (χ1n) is 5.83. The van der Waals surface area contributed by atoms with Gasteiger partial charge >= 0.3 is 0 Å². The molecule has 1 aliphatic rings. The Morgan fingerprint density at radius 1 is 1.47 bits per heavy atom. The maximum atomic E-state index is 12.2. The summed E-state index contributed by atoms with van der Waals surface area (Å²) in [6, 6.07) is 5.45. The van der Waals surface area contributed by atoms with Gasteiger partial charge in [-0.15, -0.1) is 0 Å². The Bertz CT molecular complexity index is 414. The normalized spacial score (nSPS) is 20.0. The summed E-state index contributed by atoms with van der Waals surface area (Å²) in [5.41, 5.74) is 0.733. The molecular weight excluding hydrogens is 282 g/mol. The fraction of sp³-hybridized carbons (Fsp3) is 0.462. The van der Waals surface area contributed by atoms with Gasteiger partial charge in [0.2, 0.25) is 0 Å². The van der Waals surface area contributed by atoms with Crippen molar-refractivity contribution < 1.29 is 9.53 Å². The number of rotatable bonds is 3. The lowest BCUT2D eigenvalue weighted by Crippen LogP contribution is -2.40. The molecule has 17 heavy (non-hydrogen) atoms. The van der Waals surface area contributed by atoms with Crippen LogP contribution in [0.5, 0.6) is 5.75 Å². The van der Waals surface area contributed by atoms with Crippen molar-refractivity contribution in [1.29, 1.82) is 0 Å². The van der Waals surface area contributed by atoms with Crippen molar-refractivity contribution in [2.24, 2.45) is 0 Å². The van der Waals surface area contributed by atoms with Gasteiger partial charge in [-0.05, 0) is 53.5 Å². The Labute approximate surface area is 110 Å². The zero-order valence-electron chi connectivity index (χ0n) is 9.83. The number of benzene rings is 1. The van der Waals surface area contributed by atoms with Gasteiger partial charge in [-0.25, -0.2) is 0 Å². The van der Waals surface area contributed by atoms with Gasteiger partial charge in [0.25, 0.3) is 0 Å². The molecule has 1 heterocycles. The van der Waals surface area contributed by atoms with Gasteiger partial charge in [-0.2, -0.15) is 0 Å². The molecule has 0 bridgehead atoms. The highest BCUT2D eigenvalue weighted by molar-refractivity contribution is 9.10. The summed E-state index contributed by atoms with van der Waals surface area (Å²) in [5, 5.41) is 3.27. The van der Waals surface area contributed by atoms with Gasteiger partial charge in [-0.3, -0.25) is 4.79 Å². The Hall–Kier alpha value is -0.870. The monoisotopic (exact) mass is 297 g/mol. The lowest BCUT2D eigenvalue weighted by molar-refractivity contribution is 0.0927. The minimum Gasteiger partial charge on any atom is -0.496 e. The molecule has 0 spiro atoms. The van der Waals surface area contributed by atoms with E-state index in [0.29, 0.717) is 0 Å². The molecule has 92 valence electrons. The van der Waals surface area contributed by atoms with Crippen LogP contribution in [0.4, 0.5) is 0 Å². The van der Waals surface area contributed by atoms with E-state index in [2.05, 4.69) is 21.2 Å². The van der Waals surface area contributed by atoms with E-state index in [1.165, 1.54) is 0 Å². The topological polar surface area (TPSA) is 38.3 Å².